The van der Waals surface area contributed by atoms with Crippen LogP contribution in [0, 0.1) is 6.92 Å². The van der Waals surface area contributed by atoms with Gasteiger partial charge in [-0.05, 0) is 54.9 Å². The molecule has 1 aliphatic rings. The van der Waals surface area contributed by atoms with E-state index in [2.05, 4.69) is 114 Å². The Morgan fingerprint density at radius 2 is 1.56 bits per heavy atom. The molecule has 0 N–H and O–H groups in total. The molecule has 0 radical (unpaired) electrons. The van der Waals surface area contributed by atoms with Crippen LogP contribution in [0.2, 0.25) is 18.1 Å². The summed E-state index contributed by atoms with van der Waals surface area (Å²) in [5.74, 6) is 0.702. The monoisotopic (exact) mass is 489 g/mol. The highest BCUT2D eigenvalue weighted by Gasteiger charge is 2.40. The molecule has 3 aromatic carbocycles. The Labute approximate surface area is 209 Å². The SMILES string of the molecule is Cc1ccc(Sc2ccccc2C2=N[C@@H](CO[Si](C)(C)C(C)(C)C)[C@H](c3ccccc3)O2)cc1. The summed E-state index contributed by atoms with van der Waals surface area (Å²) < 4.78 is 13.2. The number of benzene rings is 3. The summed E-state index contributed by atoms with van der Waals surface area (Å²) in [5.41, 5.74) is 3.42. The zero-order valence-corrected chi connectivity index (χ0v) is 22.9. The molecule has 0 aliphatic carbocycles. The van der Waals surface area contributed by atoms with Gasteiger partial charge in [-0.15, -0.1) is 0 Å². The number of aliphatic imine (C=N–C) groups is 1. The maximum atomic E-state index is 6.60. The molecule has 3 aromatic rings. The van der Waals surface area contributed by atoms with E-state index in [0.717, 1.165) is 16.0 Å². The zero-order valence-electron chi connectivity index (χ0n) is 21.0. The fourth-order valence-corrected chi connectivity index (χ4v) is 5.57. The van der Waals surface area contributed by atoms with E-state index in [1.54, 1.807) is 11.8 Å². The van der Waals surface area contributed by atoms with E-state index in [-0.39, 0.29) is 17.2 Å². The third-order valence-corrected chi connectivity index (χ3v) is 12.4. The van der Waals surface area contributed by atoms with Crippen LogP contribution in [0.4, 0.5) is 0 Å². The first-order valence-corrected chi connectivity index (χ1v) is 15.6. The lowest BCUT2D eigenvalue weighted by atomic mass is 10.0. The largest absolute Gasteiger partial charge is 0.467 e. The van der Waals surface area contributed by atoms with Gasteiger partial charge >= 0.3 is 0 Å². The summed E-state index contributed by atoms with van der Waals surface area (Å²) >= 11 is 1.74. The van der Waals surface area contributed by atoms with Crippen molar-refractivity contribution < 1.29 is 9.16 Å². The summed E-state index contributed by atoms with van der Waals surface area (Å²) in [5, 5.41) is 0.151. The molecule has 0 saturated heterocycles. The molecule has 0 saturated carbocycles. The number of rotatable bonds is 7. The van der Waals surface area contributed by atoms with Gasteiger partial charge in [-0.25, -0.2) is 4.99 Å². The molecule has 0 spiro atoms. The van der Waals surface area contributed by atoms with Crippen LogP contribution < -0.4 is 0 Å². The fourth-order valence-electron chi connectivity index (χ4n) is 3.61. The predicted octanol–water partition coefficient (Wildman–Crippen LogP) is 8.05. The summed E-state index contributed by atoms with van der Waals surface area (Å²) in [6.45, 7) is 14.1. The minimum absolute atomic E-state index is 0.0797. The lowest BCUT2D eigenvalue weighted by molar-refractivity contribution is 0.154. The second-order valence-electron chi connectivity index (χ2n) is 10.4. The Morgan fingerprint density at radius 3 is 2.24 bits per heavy atom. The topological polar surface area (TPSA) is 30.8 Å². The van der Waals surface area contributed by atoms with Crippen molar-refractivity contribution in [1.82, 2.24) is 0 Å². The molecule has 34 heavy (non-hydrogen) atoms. The summed E-state index contributed by atoms with van der Waals surface area (Å²) in [4.78, 5) is 7.44. The lowest BCUT2D eigenvalue weighted by Crippen LogP contribution is -2.42. The first kappa shape index (κ1) is 24.8. The fraction of sp³-hybridized carbons (Fsp3) is 0.345. The van der Waals surface area contributed by atoms with E-state index in [0.29, 0.717) is 12.5 Å². The van der Waals surface area contributed by atoms with Crippen LogP contribution in [0.15, 0.2) is 93.6 Å². The average molecular weight is 490 g/mol. The molecule has 0 bridgehead atoms. The third-order valence-electron chi connectivity index (χ3n) is 6.79. The smallest absolute Gasteiger partial charge is 0.218 e. The minimum atomic E-state index is -1.90. The molecule has 4 rings (SSSR count). The van der Waals surface area contributed by atoms with Gasteiger partial charge in [0.05, 0.1) is 12.2 Å². The van der Waals surface area contributed by atoms with Crippen LogP contribution in [0.1, 0.15) is 43.6 Å². The average Bonchev–Trinajstić information content (AvgIpc) is 3.24. The molecule has 3 nitrogen and oxygen atoms in total. The van der Waals surface area contributed by atoms with E-state index in [9.17, 15) is 0 Å². The molecule has 0 unspecified atom stereocenters. The second kappa shape index (κ2) is 10.1. The van der Waals surface area contributed by atoms with Crippen molar-refractivity contribution in [3.8, 4) is 0 Å². The van der Waals surface area contributed by atoms with Gasteiger partial charge in [0.15, 0.2) is 14.4 Å². The van der Waals surface area contributed by atoms with Gasteiger partial charge in [-0.2, -0.15) is 0 Å². The van der Waals surface area contributed by atoms with Crippen LogP contribution in [0.25, 0.3) is 0 Å². The highest BCUT2D eigenvalue weighted by atomic mass is 32.2. The van der Waals surface area contributed by atoms with Gasteiger partial charge in [0.1, 0.15) is 6.04 Å². The molecule has 0 amide bonds. The summed E-state index contributed by atoms with van der Waals surface area (Å²) in [6, 6.07) is 27.3. The maximum Gasteiger partial charge on any atom is 0.218 e. The van der Waals surface area contributed by atoms with Crippen LogP contribution >= 0.6 is 11.8 Å². The number of ether oxygens (including phenoxy) is 1. The van der Waals surface area contributed by atoms with Gasteiger partial charge in [-0.3, -0.25) is 0 Å². The summed E-state index contributed by atoms with van der Waals surface area (Å²) in [7, 11) is -1.90. The van der Waals surface area contributed by atoms with E-state index < -0.39 is 8.32 Å². The van der Waals surface area contributed by atoms with Crippen LogP contribution in [-0.4, -0.2) is 26.9 Å². The second-order valence-corrected chi connectivity index (χ2v) is 16.4. The predicted molar refractivity (Wildman–Crippen MR) is 145 cm³/mol. The number of nitrogens with zero attached hydrogens (tertiary/aromatic N) is 1. The van der Waals surface area contributed by atoms with Gasteiger partial charge < -0.3 is 9.16 Å². The Hall–Kier alpha value is -2.34. The molecule has 1 heterocycles. The van der Waals surface area contributed by atoms with Gasteiger partial charge in [-0.1, -0.05) is 92.7 Å². The lowest BCUT2D eigenvalue weighted by Gasteiger charge is -2.37. The number of hydrogen-bond donors (Lipinski definition) is 0. The highest BCUT2D eigenvalue weighted by Crippen LogP contribution is 2.39. The molecule has 178 valence electrons. The number of hydrogen-bond acceptors (Lipinski definition) is 4. The van der Waals surface area contributed by atoms with Crippen molar-refractivity contribution in [3.63, 3.8) is 0 Å². The highest BCUT2D eigenvalue weighted by molar-refractivity contribution is 7.99. The van der Waals surface area contributed by atoms with Gasteiger partial charge in [0, 0.05) is 9.79 Å². The van der Waals surface area contributed by atoms with Crippen molar-refractivity contribution in [2.45, 2.75) is 67.8 Å². The van der Waals surface area contributed by atoms with Crippen LogP contribution in [-0.2, 0) is 9.16 Å². The normalized spacial score (nSPS) is 18.5. The van der Waals surface area contributed by atoms with Crippen LogP contribution in [0.5, 0.6) is 0 Å². The Balaban J connectivity index is 1.63. The van der Waals surface area contributed by atoms with Gasteiger partial charge in [0.2, 0.25) is 5.90 Å². The van der Waals surface area contributed by atoms with E-state index in [1.807, 2.05) is 6.07 Å². The van der Waals surface area contributed by atoms with Crippen molar-refractivity contribution in [3.05, 3.63) is 95.6 Å². The van der Waals surface area contributed by atoms with Crippen LogP contribution in [0.3, 0.4) is 0 Å². The van der Waals surface area contributed by atoms with E-state index in [1.165, 1.54) is 10.5 Å². The van der Waals surface area contributed by atoms with E-state index in [4.69, 9.17) is 14.2 Å². The zero-order chi connectivity index (χ0) is 24.3. The van der Waals surface area contributed by atoms with Crippen molar-refractivity contribution in [2.24, 2.45) is 4.99 Å². The first-order valence-electron chi connectivity index (χ1n) is 11.9. The minimum Gasteiger partial charge on any atom is -0.467 e. The van der Waals surface area contributed by atoms with Crippen molar-refractivity contribution >= 4 is 26.0 Å². The molecular weight excluding hydrogens is 454 g/mol. The van der Waals surface area contributed by atoms with Crippen molar-refractivity contribution in [2.75, 3.05) is 6.61 Å². The molecule has 2 atom stereocenters. The van der Waals surface area contributed by atoms with Gasteiger partial charge in [0.25, 0.3) is 0 Å². The molecule has 5 heteroatoms. The molecule has 0 aromatic heterocycles. The molecule has 0 fully saturated rings. The Kier molecular flexibility index (Phi) is 7.36. The Morgan fingerprint density at radius 1 is 0.912 bits per heavy atom. The Bertz CT molecular complexity index is 1140. The quantitative estimate of drug-likeness (QED) is 0.315. The molecule has 1 aliphatic heterocycles. The number of aryl methyl sites for hydroxylation is 1. The maximum absolute atomic E-state index is 6.60. The molecular formula is C29H35NO2SSi. The standard InChI is InChI=1S/C29H35NO2SSi/c1-21-16-18-23(19-17-21)33-26-15-11-10-14-24(26)28-30-25(20-31-34(5,6)29(2,3)4)27(32-28)22-12-8-7-9-13-22/h7-19,25,27H,20H2,1-6H3/t25-,27-/m0/s1. The first-order chi connectivity index (χ1) is 16.1. The third kappa shape index (κ3) is 5.65. The van der Waals surface area contributed by atoms with E-state index >= 15 is 0 Å². The summed E-state index contributed by atoms with van der Waals surface area (Å²) in [6.07, 6.45) is -0.154. The van der Waals surface area contributed by atoms with Crippen molar-refractivity contribution in [1.29, 1.82) is 0 Å².